The van der Waals surface area contributed by atoms with Gasteiger partial charge in [-0.25, -0.2) is 24.0 Å². The molecular weight excluding hydrogens is 622 g/mol. The normalized spacial score (nSPS) is 12.4. The monoisotopic (exact) mass is 642 g/mol. The molecule has 0 spiro atoms. The van der Waals surface area contributed by atoms with E-state index < -0.39 is 23.7 Å². The minimum absolute atomic E-state index is 0.0319. The molecule has 0 N–H and O–H groups in total. The van der Waals surface area contributed by atoms with E-state index in [-0.39, 0.29) is 28.4 Å². The smallest absolute Gasteiger partial charge is 0.333 e. The Morgan fingerprint density at radius 2 is 1.22 bits per heavy atom. The van der Waals surface area contributed by atoms with E-state index in [0.717, 1.165) is 4.52 Å². The van der Waals surface area contributed by atoms with Gasteiger partial charge in [-0.15, -0.1) is 0 Å². The number of nitrogens with zero attached hydrogens (tertiary/aromatic N) is 8. The second kappa shape index (κ2) is 10.7. The first-order chi connectivity index (χ1) is 19.0. The lowest BCUT2D eigenvalue weighted by molar-refractivity contribution is -0.142. The van der Waals surface area contributed by atoms with Gasteiger partial charge >= 0.3 is 12.4 Å². The van der Waals surface area contributed by atoms with Gasteiger partial charge in [0.1, 0.15) is 16.1 Å². The zero-order chi connectivity index (χ0) is 30.4. The molecule has 0 saturated heterocycles. The summed E-state index contributed by atoms with van der Waals surface area (Å²) in [5.74, 6) is 0.694. The molecule has 5 aromatic heterocycles. The van der Waals surface area contributed by atoms with Gasteiger partial charge in [0.25, 0.3) is 0 Å². The number of carbonyl (C=O) groups is 1. The summed E-state index contributed by atoms with van der Waals surface area (Å²) >= 11 is 3.28. The highest BCUT2D eigenvalue weighted by molar-refractivity contribution is 9.10. The highest BCUT2D eigenvalue weighted by atomic mass is 79.9. The van der Waals surface area contributed by atoms with Crippen molar-refractivity contribution < 1.29 is 31.1 Å². The highest BCUT2D eigenvalue weighted by Gasteiger charge is 2.38. The van der Waals surface area contributed by atoms with Crippen LogP contribution in [-0.2, 0) is 19.4 Å². The van der Waals surface area contributed by atoms with Crippen LogP contribution in [0.25, 0.3) is 23.4 Å². The third-order valence-electron chi connectivity index (χ3n) is 5.97. The maximum Gasteiger partial charge on any atom is 0.435 e. The van der Waals surface area contributed by atoms with Crippen molar-refractivity contribution in [1.82, 2.24) is 38.7 Å². The van der Waals surface area contributed by atoms with Crippen molar-refractivity contribution in [2.24, 2.45) is 7.05 Å². The molecule has 9 nitrogen and oxygen atoms in total. The van der Waals surface area contributed by atoms with Crippen molar-refractivity contribution in [3.63, 3.8) is 0 Å². The van der Waals surface area contributed by atoms with Gasteiger partial charge in [-0.1, -0.05) is 0 Å². The Morgan fingerprint density at radius 3 is 1.63 bits per heavy atom. The molecule has 0 aliphatic heterocycles. The van der Waals surface area contributed by atoms with E-state index >= 15 is 0 Å². The Morgan fingerprint density at radius 1 is 0.756 bits per heavy atom. The van der Waals surface area contributed by atoms with Gasteiger partial charge in [0.2, 0.25) is 0 Å². The molecule has 16 heteroatoms. The lowest BCUT2D eigenvalue weighted by Crippen LogP contribution is -2.08. The van der Waals surface area contributed by atoms with Crippen molar-refractivity contribution in [3.05, 3.63) is 74.0 Å². The number of fused-ring (bicyclic) bond motifs is 2. The topological polar surface area (TPSA) is 95.3 Å². The average molecular weight is 643 g/mol. The van der Waals surface area contributed by atoms with E-state index in [0.29, 0.717) is 33.5 Å². The fourth-order valence-electron chi connectivity index (χ4n) is 4.04. The van der Waals surface area contributed by atoms with E-state index in [1.54, 1.807) is 38.3 Å². The Balaban J connectivity index is 0.000000201. The number of halogens is 7. The molecular formula is C25H21BrF6N8O. The molecule has 0 aromatic carbocycles. The standard InChI is InChI=1S/C15H13BrF3N5.C10H8F3N3O/c1-8-6-10(4-5-12-20-11(16)7-23(12)3)22-24-9(2)13(15(17,18)19)21-14(8)24;1-5-3-7(4-17)15-16-6(2)8(10(11,12)13)14-9(5)16/h4-7H,1-3H3;3-4H,1-2H3/b5-4+;. The molecule has 41 heavy (non-hydrogen) atoms. The molecule has 0 bridgehead atoms. The van der Waals surface area contributed by atoms with Crippen LogP contribution in [0.5, 0.6) is 0 Å². The van der Waals surface area contributed by atoms with Gasteiger partial charge in [0, 0.05) is 13.2 Å². The predicted octanol–water partition coefficient (Wildman–Crippen LogP) is 6.21. The molecule has 0 unspecified atom stereocenters. The zero-order valence-electron chi connectivity index (χ0n) is 22.1. The molecule has 0 radical (unpaired) electrons. The van der Waals surface area contributed by atoms with Gasteiger partial charge < -0.3 is 4.57 Å². The molecule has 5 heterocycles. The number of rotatable bonds is 3. The Labute approximate surface area is 236 Å². The first-order valence-electron chi connectivity index (χ1n) is 11.7. The second-order valence-electron chi connectivity index (χ2n) is 9.05. The number of alkyl halides is 6. The largest absolute Gasteiger partial charge is 0.435 e. The molecule has 216 valence electrons. The first kappa shape index (κ1) is 29.9. The summed E-state index contributed by atoms with van der Waals surface area (Å²) in [5.41, 5.74) is -0.0435. The van der Waals surface area contributed by atoms with E-state index in [9.17, 15) is 31.1 Å². The van der Waals surface area contributed by atoms with Crippen molar-refractivity contribution >= 4 is 45.7 Å². The van der Waals surface area contributed by atoms with Crippen molar-refractivity contribution in [1.29, 1.82) is 0 Å². The van der Waals surface area contributed by atoms with E-state index in [1.807, 2.05) is 11.6 Å². The molecule has 0 aliphatic carbocycles. The average Bonchev–Trinajstić information content (AvgIpc) is 3.50. The molecule has 0 fully saturated rings. The first-order valence-corrected chi connectivity index (χ1v) is 12.5. The molecule has 5 rings (SSSR count). The number of aryl methyl sites for hydroxylation is 5. The minimum Gasteiger partial charge on any atom is -0.333 e. The summed E-state index contributed by atoms with van der Waals surface area (Å²) in [4.78, 5) is 22.1. The summed E-state index contributed by atoms with van der Waals surface area (Å²) in [5, 5.41) is 8.01. The van der Waals surface area contributed by atoms with Crippen LogP contribution in [0.4, 0.5) is 26.3 Å². The van der Waals surface area contributed by atoms with Crippen LogP contribution in [0.2, 0.25) is 0 Å². The number of hydrogen-bond donors (Lipinski definition) is 0. The Kier molecular flexibility index (Phi) is 7.82. The van der Waals surface area contributed by atoms with Crippen LogP contribution >= 0.6 is 15.9 Å². The maximum atomic E-state index is 13.0. The molecule has 0 amide bonds. The molecule has 0 atom stereocenters. The van der Waals surface area contributed by atoms with Gasteiger partial charge in [0.05, 0.1) is 17.1 Å². The third-order valence-corrected chi connectivity index (χ3v) is 6.35. The molecule has 0 saturated carbocycles. The Bertz CT molecular complexity index is 1810. The molecule has 0 aliphatic rings. The zero-order valence-corrected chi connectivity index (χ0v) is 23.7. The summed E-state index contributed by atoms with van der Waals surface area (Å²) in [6.07, 6.45) is -3.29. The highest BCUT2D eigenvalue weighted by Crippen LogP contribution is 2.33. The summed E-state index contributed by atoms with van der Waals surface area (Å²) in [6.45, 7) is 5.91. The lowest BCUT2D eigenvalue weighted by atomic mass is 10.2. The van der Waals surface area contributed by atoms with E-state index in [2.05, 4.69) is 41.1 Å². The minimum atomic E-state index is -4.52. The van der Waals surface area contributed by atoms with Crippen molar-refractivity contribution in [3.8, 4) is 0 Å². The van der Waals surface area contributed by atoms with Gasteiger partial charge in [0.15, 0.2) is 29.0 Å². The maximum absolute atomic E-state index is 13.0. The molecule has 5 aromatic rings. The van der Waals surface area contributed by atoms with E-state index in [4.69, 9.17) is 0 Å². The van der Waals surface area contributed by atoms with Crippen LogP contribution in [0.15, 0.2) is 22.9 Å². The number of aldehydes is 1. The quantitative estimate of drug-likeness (QED) is 0.172. The number of carbonyl (C=O) groups excluding carboxylic acids is 1. The van der Waals surface area contributed by atoms with Crippen LogP contribution < -0.4 is 0 Å². The summed E-state index contributed by atoms with van der Waals surface area (Å²) < 4.78 is 81.7. The fraction of sp³-hybridized carbons (Fsp3) is 0.280. The third kappa shape index (κ3) is 6.01. The summed E-state index contributed by atoms with van der Waals surface area (Å²) in [6, 6.07) is 3.09. The summed E-state index contributed by atoms with van der Waals surface area (Å²) in [7, 11) is 1.84. The number of imidazole rings is 3. The lowest BCUT2D eigenvalue weighted by Gasteiger charge is -2.03. The fourth-order valence-corrected chi connectivity index (χ4v) is 4.53. The number of hydrogen-bond acceptors (Lipinski definition) is 6. The van der Waals surface area contributed by atoms with Gasteiger partial charge in [-0.2, -0.15) is 36.5 Å². The van der Waals surface area contributed by atoms with Gasteiger partial charge in [-0.05, 0) is 79.0 Å². The SMILES string of the molecule is Cc1cc(/C=C/c2nc(Br)cn2C)nn2c(C)c(C(F)(F)F)nc12.Cc1cc(C=O)nn2c(C)c(C(F)(F)F)nc12. The van der Waals surface area contributed by atoms with Crippen LogP contribution in [0.1, 0.15) is 55.9 Å². The van der Waals surface area contributed by atoms with Crippen molar-refractivity contribution in [2.75, 3.05) is 0 Å². The Hall–Kier alpha value is -4.08. The second-order valence-corrected chi connectivity index (χ2v) is 9.86. The number of aromatic nitrogens is 8. The van der Waals surface area contributed by atoms with Gasteiger partial charge in [-0.3, -0.25) is 4.79 Å². The van der Waals surface area contributed by atoms with Crippen LogP contribution in [-0.4, -0.2) is 45.0 Å². The van der Waals surface area contributed by atoms with Crippen LogP contribution in [0.3, 0.4) is 0 Å². The van der Waals surface area contributed by atoms with Crippen LogP contribution in [0, 0.1) is 27.7 Å². The predicted molar refractivity (Wildman–Crippen MR) is 140 cm³/mol. The van der Waals surface area contributed by atoms with Crippen molar-refractivity contribution in [2.45, 2.75) is 40.0 Å². The van der Waals surface area contributed by atoms with E-state index in [1.165, 1.54) is 24.4 Å².